The third-order valence-electron chi connectivity index (χ3n) is 4.36. The number of amides is 1. The molecule has 0 bridgehead atoms. The molecule has 0 aliphatic carbocycles. The molecule has 0 spiro atoms. The van der Waals surface area contributed by atoms with Crippen molar-refractivity contribution < 1.29 is 9.18 Å². The summed E-state index contributed by atoms with van der Waals surface area (Å²) < 4.78 is 13.0. The van der Waals surface area contributed by atoms with Crippen molar-refractivity contribution in [2.24, 2.45) is 0 Å². The van der Waals surface area contributed by atoms with E-state index in [9.17, 15) is 9.18 Å². The Morgan fingerprint density at radius 1 is 1.21 bits per heavy atom. The summed E-state index contributed by atoms with van der Waals surface area (Å²) in [6.45, 7) is 1.21. The molecule has 1 aliphatic rings. The monoisotopic (exact) mass is 321 g/mol. The van der Waals surface area contributed by atoms with Crippen molar-refractivity contribution >= 4 is 16.9 Å². The average Bonchev–Trinajstić information content (AvgIpc) is 2.61. The molecule has 1 aromatic carbocycles. The average molecular weight is 321 g/mol. The van der Waals surface area contributed by atoms with E-state index in [1.807, 2.05) is 17.0 Å². The third kappa shape index (κ3) is 2.85. The Balaban J connectivity index is 1.53. The molecule has 0 atom stereocenters. The molecular formula is C19H16FN3O. The first-order chi connectivity index (χ1) is 11.7. The van der Waals surface area contributed by atoms with Crippen molar-refractivity contribution in [3.05, 3.63) is 71.3 Å². The highest BCUT2D eigenvalue weighted by Crippen LogP contribution is 2.22. The molecule has 24 heavy (non-hydrogen) atoms. The van der Waals surface area contributed by atoms with Gasteiger partial charge in [0.2, 0.25) is 5.91 Å². The molecule has 4 rings (SSSR count). The highest BCUT2D eigenvalue weighted by atomic mass is 19.1. The van der Waals surface area contributed by atoms with Crippen molar-refractivity contribution in [1.82, 2.24) is 14.9 Å². The predicted octanol–water partition coefficient (Wildman–Crippen LogP) is 2.90. The zero-order valence-corrected chi connectivity index (χ0v) is 13.1. The summed E-state index contributed by atoms with van der Waals surface area (Å²) in [7, 11) is 0. The van der Waals surface area contributed by atoms with Crippen LogP contribution in [0, 0.1) is 5.82 Å². The highest BCUT2D eigenvalue weighted by molar-refractivity contribution is 5.80. The Morgan fingerprint density at radius 2 is 2.04 bits per heavy atom. The van der Waals surface area contributed by atoms with Gasteiger partial charge >= 0.3 is 0 Å². The van der Waals surface area contributed by atoms with Gasteiger partial charge < -0.3 is 4.90 Å². The first-order valence-corrected chi connectivity index (χ1v) is 7.95. The number of halogens is 1. The van der Waals surface area contributed by atoms with Crippen LogP contribution < -0.4 is 0 Å². The molecule has 0 N–H and O–H groups in total. The molecule has 3 heterocycles. The maximum atomic E-state index is 13.0. The van der Waals surface area contributed by atoms with Crippen LogP contribution in [-0.4, -0.2) is 27.3 Å². The van der Waals surface area contributed by atoms with Gasteiger partial charge in [-0.3, -0.25) is 4.79 Å². The van der Waals surface area contributed by atoms with Gasteiger partial charge in [-0.25, -0.2) is 14.4 Å². The summed E-state index contributed by atoms with van der Waals surface area (Å²) in [5.41, 5.74) is 3.68. The quantitative estimate of drug-likeness (QED) is 0.729. The number of hydrogen-bond acceptors (Lipinski definition) is 3. The van der Waals surface area contributed by atoms with E-state index in [2.05, 4.69) is 16.0 Å². The number of benzene rings is 1. The molecule has 0 saturated heterocycles. The van der Waals surface area contributed by atoms with Crippen LogP contribution in [0.1, 0.15) is 16.8 Å². The predicted molar refractivity (Wildman–Crippen MR) is 88.8 cm³/mol. The van der Waals surface area contributed by atoms with Crippen molar-refractivity contribution in [3.8, 4) is 0 Å². The van der Waals surface area contributed by atoms with Crippen molar-refractivity contribution in [2.45, 2.75) is 19.4 Å². The van der Waals surface area contributed by atoms with Crippen molar-refractivity contribution in [2.75, 3.05) is 6.54 Å². The van der Waals surface area contributed by atoms with Crippen LogP contribution in [0.3, 0.4) is 0 Å². The molecule has 0 fully saturated rings. The second-order valence-electron chi connectivity index (χ2n) is 6.01. The maximum absolute atomic E-state index is 13.0. The Hall–Kier alpha value is -2.82. The van der Waals surface area contributed by atoms with E-state index in [4.69, 9.17) is 0 Å². The number of rotatable bonds is 2. The number of carbonyl (C=O) groups excluding carboxylic acids is 1. The number of nitrogens with zero attached hydrogens (tertiary/aromatic N) is 3. The van der Waals surface area contributed by atoms with Gasteiger partial charge in [-0.1, -0.05) is 12.1 Å². The van der Waals surface area contributed by atoms with Gasteiger partial charge in [0.05, 0.1) is 6.42 Å². The number of fused-ring (bicyclic) bond motifs is 2. The summed E-state index contributed by atoms with van der Waals surface area (Å²) in [4.78, 5) is 23.3. The number of aromatic nitrogens is 2. The molecule has 1 aliphatic heterocycles. The lowest BCUT2D eigenvalue weighted by Gasteiger charge is -2.28. The summed E-state index contributed by atoms with van der Waals surface area (Å²) >= 11 is 0. The van der Waals surface area contributed by atoms with Gasteiger partial charge in [-0.05, 0) is 41.5 Å². The van der Waals surface area contributed by atoms with Crippen LogP contribution in [-0.2, 0) is 24.2 Å². The van der Waals surface area contributed by atoms with Gasteiger partial charge in [0.25, 0.3) is 0 Å². The van der Waals surface area contributed by atoms with E-state index in [1.54, 1.807) is 18.3 Å². The highest BCUT2D eigenvalue weighted by Gasteiger charge is 2.22. The van der Waals surface area contributed by atoms with Gasteiger partial charge in [0.15, 0.2) is 5.65 Å². The zero-order valence-electron chi connectivity index (χ0n) is 13.1. The SMILES string of the molecule is O=C(Cc1ccc(F)cc1)N1CCc2nc3ncccc3cc2C1. The fourth-order valence-electron chi connectivity index (χ4n) is 3.07. The van der Waals surface area contributed by atoms with E-state index in [-0.39, 0.29) is 18.1 Å². The molecule has 1 amide bonds. The summed E-state index contributed by atoms with van der Waals surface area (Å²) in [5.74, 6) is -0.233. The first-order valence-electron chi connectivity index (χ1n) is 7.95. The second-order valence-corrected chi connectivity index (χ2v) is 6.01. The third-order valence-corrected chi connectivity index (χ3v) is 4.36. The van der Waals surface area contributed by atoms with Crippen molar-refractivity contribution in [3.63, 3.8) is 0 Å². The zero-order chi connectivity index (χ0) is 16.5. The summed E-state index contributed by atoms with van der Waals surface area (Å²) in [6.07, 6.45) is 2.76. The standard InChI is InChI=1S/C19H16FN3O/c20-16-5-3-13(4-6-16)10-18(24)23-9-7-17-15(12-23)11-14-2-1-8-21-19(14)22-17/h1-6,8,11H,7,9-10,12H2. The minimum absolute atomic E-state index is 0.0542. The van der Waals surface area contributed by atoms with E-state index >= 15 is 0 Å². The molecule has 0 unspecified atom stereocenters. The van der Waals surface area contributed by atoms with Crippen LogP contribution in [0.5, 0.6) is 0 Å². The van der Waals surface area contributed by atoms with Crippen molar-refractivity contribution in [1.29, 1.82) is 0 Å². The van der Waals surface area contributed by atoms with Crippen LogP contribution in [0.4, 0.5) is 4.39 Å². The first kappa shape index (κ1) is 14.8. The molecule has 0 saturated carbocycles. The van der Waals surface area contributed by atoms with Crippen LogP contribution in [0.2, 0.25) is 0 Å². The molecule has 5 heteroatoms. The minimum Gasteiger partial charge on any atom is -0.338 e. The van der Waals surface area contributed by atoms with E-state index in [0.717, 1.165) is 34.3 Å². The molecule has 3 aromatic rings. The maximum Gasteiger partial charge on any atom is 0.227 e. The number of pyridine rings is 2. The molecule has 2 aromatic heterocycles. The van der Waals surface area contributed by atoms with E-state index in [0.29, 0.717) is 13.1 Å². The topological polar surface area (TPSA) is 46.1 Å². The molecule has 120 valence electrons. The Labute approximate surface area is 139 Å². The Bertz CT molecular complexity index is 908. The lowest BCUT2D eigenvalue weighted by atomic mass is 10.0. The van der Waals surface area contributed by atoms with Crippen LogP contribution >= 0.6 is 0 Å². The molecule has 0 radical (unpaired) electrons. The summed E-state index contributed by atoms with van der Waals surface area (Å²) in [5, 5.41) is 0.990. The lowest BCUT2D eigenvalue weighted by Crippen LogP contribution is -2.37. The van der Waals surface area contributed by atoms with Crippen LogP contribution in [0.25, 0.3) is 11.0 Å². The van der Waals surface area contributed by atoms with E-state index < -0.39 is 0 Å². The smallest absolute Gasteiger partial charge is 0.227 e. The number of carbonyl (C=O) groups is 1. The van der Waals surface area contributed by atoms with Crippen LogP contribution in [0.15, 0.2) is 48.7 Å². The fraction of sp³-hybridized carbons (Fsp3) is 0.211. The number of hydrogen-bond donors (Lipinski definition) is 0. The Morgan fingerprint density at radius 3 is 2.88 bits per heavy atom. The van der Waals surface area contributed by atoms with Gasteiger partial charge in [0.1, 0.15) is 5.82 Å². The molecular weight excluding hydrogens is 305 g/mol. The fourth-order valence-corrected chi connectivity index (χ4v) is 3.07. The minimum atomic E-state index is -0.287. The molecule has 4 nitrogen and oxygen atoms in total. The lowest BCUT2D eigenvalue weighted by molar-refractivity contribution is -0.131. The van der Waals surface area contributed by atoms with E-state index in [1.165, 1.54) is 12.1 Å². The Kier molecular flexibility index (Phi) is 3.69. The largest absolute Gasteiger partial charge is 0.338 e. The van der Waals surface area contributed by atoms with Gasteiger partial charge in [-0.15, -0.1) is 0 Å². The second kappa shape index (κ2) is 6.00. The normalized spacial score (nSPS) is 13.8. The van der Waals surface area contributed by atoms with Gasteiger partial charge in [0, 0.05) is 36.8 Å². The summed E-state index contributed by atoms with van der Waals surface area (Å²) in [6, 6.07) is 12.0. The van der Waals surface area contributed by atoms with Gasteiger partial charge in [-0.2, -0.15) is 0 Å².